The highest BCUT2D eigenvalue weighted by molar-refractivity contribution is 5.87. The van der Waals surface area contributed by atoms with Gasteiger partial charge in [0.25, 0.3) is 0 Å². The highest BCUT2D eigenvalue weighted by Crippen LogP contribution is 2.60. The molecule has 0 bridgehead atoms. The van der Waals surface area contributed by atoms with Crippen LogP contribution in [0.4, 0.5) is 0 Å². The van der Waals surface area contributed by atoms with Gasteiger partial charge in [0.15, 0.2) is 0 Å². The lowest BCUT2D eigenvalue weighted by atomic mass is 9.46. The van der Waals surface area contributed by atoms with Gasteiger partial charge in [-0.2, -0.15) is 0 Å². The maximum Gasteiger partial charge on any atom is 0.311 e. The fourth-order valence-corrected chi connectivity index (χ4v) is 4.31. The van der Waals surface area contributed by atoms with Gasteiger partial charge >= 0.3 is 11.9 Å². The van der Waals surface area contributed by atoms with E-state index in [1.54, 1.807) is 13.8 Å². The van der Waals surface area contributed by atoms with E-state index in [-0.39, 0.29) is 11.8 Å². The van der Waals surface area contributed by atoms with Gasteiger partial charge in [-0.1, -0.05) is 27.7 Å². The summed E-state index contributed by atoms with van der Waals surface area (Å²) in [6.45, 7) is 7.37. The Balaban J connectivity index is 3.54. The molecule has 1 fully saturated rings. The van der Waals surface area contributed by atoms with E-state index < -0.39 is 22.8 Å². The molecule has 0 aromatic rings. The van der Waals surface area contributed by atoms with Crippen molar-refractivity contribution in [3.63, 3.8) is 0 Å². The fraction of sp³-hybridized carbons (Fsp3) is 0.857. The van der Waals surface area contributed by atoms with Crippen LogP contribution in [0.1, 0.15) is 53.4 Å². The zero-order valence-electron chi connectivity index (χ0n) is 11.7. The number of carbonyl (C=O) groups is 2. The van der Waals surface area contributed by atoms with E-state index in [2.05, 4.69) is 0 Å². The summed E-state index contributed by atoms with van der Waals surface area (Å²) in [5.41, 5.74) is -2.30. The van der Waals surface area contributed by atoms with E-state index in [1.807, 2.05) is 13.8 Å². The van der Waals surface area contributed by atoms with Crippen LogP contribution < -0.4 is 0 Å². The van der Waals surface area contributed by atoms with Crippen molar-refractivity contribution in [1.82, 2.24) is 0 Å². The van der Waals surface area contributed by atoms with Gasteiger partial charge < -0.3 is 10.2 Å². The predicted octanol–water partition coefficient (Wildman–Crippen LogP) is 3.01. The Morgan fingerprint density at radius 3 is 1.39 bits per heavy atom. The highest BCUT2D eigenvalue weighted by Gasteiger charge is 2.65. The normalized spacial score (nSPS) is 40.4. The minimum atomic E-state index is -1.15. The van der Waals surface area contributed by atoms with Gasteiger partial charge in [0, 0.05) is 0 Å². The Morgan fingerprint density at radius 1 is 0.944 bits per heavy atom. The van der Waals surface area contributed by atoms with Crippen molar-refractivity contribution in [3.05, 3.63) is 0 Å². The zero-order valence-corrected chi connectivity index (χ0v) is 11.7. The molecule has 0 aliphatic heterocycles. The lowest BCUT2D eigenvalue weighted by molar-refractivity contribution is -0.195. The van der Waals surface area contributed by atoms with Crippen LogP contribution in [-0.4, -0.2) is 22.2 Å². The number of hydrogen-bond donors (Lipinski definition) is 2. The van der Waals surface area contributed by atoms with Gasteiger partial charge in [-0.3, -0.25) is 9.59 Å². The molecule has 0 heterocycles. The second-order valence-electron chi connectivity index (χ2n) is 5.64. The summed E-state index contributed by atoms with van der Waals surface area (Å²) in [5.74, 6) is -2.11. The van der Waals surface area contributed by atoms with Crippen molar-refractivity contribution in [1.29, 1.82) is 0 Å². The number of hydrogen-bond acceptors (Lipinski definition) is 2. The first kappa shape index (κ1) is 15.0. The molecule has 1 aliphatic rings. The molecule has 4 atom stereocenters. The van der Waals surface area contributed by atoms with E-state index in [1.165, 1.54) is 0 Å². The number of carboxylic acids is 2. The average Bonchev–Trinajstić information content (AvgIpc) is 2.30. The first-order valence-electron chi connectivity index (χ1n) is 6.78. The lowest BCUT2D eigenvalue weighted by Crippen LogP contribution is -2.61. The van der Waals surface area contributed by atoms with Crippen LogP contribution in [0.25, 0.3) is 0 Å². The Labute approximate surface area is 108 Å². The summed E-state index contributed by atoms with van der Waals surface area (Å²) >= 11 is 0. The van der Waals surface area contributed by atoms with Gasteiger partial charge in [0.2, 0.25) is 0 Å². The van der Waals surface area contributed by atoms with E-state index in [4.69, 9.17) is 0 Å². The molecule has 0 saturated heterocycles. The van der Waals surface area contributed by atoms with Crippen LogP contribution in [0.3, 0.4) is 0 Å². The van der Waals surface area contributed by atoms with Crippen molar-refractivity contribution < 1.29 is 19.8 Å². The van der Waals surface area contributed by atoms with Crippen LogP contribution in [0.5, 0.6) is 0 Å². The molecule has 2 N–H and O–H groups in total. The third-order valence-electron chi connectivity index (χ3n) is 5.39. The smallest absolute Gasteiger partial charge is 0.311 e. The monoisotopic (exact) mass is 256 g/mol. The van der Waals surface area contributed by atoms with Gasteiger partial charge in [-0.25, -0.2) is 0 Å². The van der Waals surface area contributed by atoms with Crippen LogP contribution in [0.2, 0.25) is 0 Å². The number of rotatable bonds is 4. The number of aliphatic carboxylic acids is 2. The molecule has 1 aliphatic carbocycles. The average molecular weight is 256 g/mol. The van der Waals surface area contributed by atoms with E-state index in [9.17, 15) is 19.8 Å². The molecule has 0 aromatic carbocycles. The third-order valence-corrected chi connectivity index (χ3v) is 5.39. The van der Waals surface area contributed by atoms with E-state index in [0.717, 1.165) is 12.8 Å². The Morgan fingerprint density at radius 2 is 1.22 bits per heavy atom. The van der Waals surface area contributed by atoms with Crippen LogP contribution in [-0.2, 0) is 9.59 Å². The van der Waals surface area contributed by atoms with E-state index >= 15 is 0 Å². The van der Waals surface area contributed by atoms with Gasteiger partial charge in [0.1, 0.15) is 0 Å². The van der Waals surface area contributed by atoms with Crippen molar-refractivity contribution in [2.75, 3.05) is 0 Å². The van der Waals surface area contributed by atoms with Crippen molar-refractivity contribution >= 4 is 11.9 Å². The van der Waals surface area contributed by atoms with Crippen molar-refractivity contribution in [2.45, 2.75) is 53.4 Å². The first-order valence-corrected chi connectivity index (χ1v) is 6.78. The molecular formula is C14H24O4. The molecule has 18 heavy (non-hydrogen) atoms. The second kappa shape index (κ2) is 4.90. The van der Waals surface area contributed by atoms with Crippen LogP contribution in [0.15, 0.2) is 0 Å². The summed E-state index contributed by atoms with van der Waals surface area (Å²) in [7, 11) is 0. The molecule has 104 valence electrons. The van der Waals surface area contributed by atoms with Crippen LogP contribution >= 0.6 is 0 Å². The second-order valence-corrected chi connectivity index (χ2v) is 5.64. The molecule has 4 unspecified atom stereocenters. The lowest BCUT2D eigenvalue weighted by Gasteiger charge is -2.54. The minimum absolute atomic E-state index is 0.104. The highest BCUT2D eigenvalue weighted by atomic mass is 16.4. The Bertz CT molecular complexity index is 318. The number of carboxylic acid groups (broad SMARTS) is 2. The van der Waals surface area contributed by atoms with Gasteiger partial charge in [0.05, 0.1) is 10.8 Å². The van der Waals surface area contributed by atoms with Crippen LogP contribution in [0, 0.1) is 22.7 Å². The minimum Gasteiger partial charge on any atom is -0.481 e. The molecule has 4 heteroatoms. The largest absolute Gasteiger partial charge is 0.481 e. The molecule has 1 saturated carbocycles. The SMILES string of the molecule is CCC1(C(=O)O)C(C)CCC(C)C1(CC)C(=O)O. The molecule has 0 spiro atoms. The topological polar surface area (TPSA) is 74.6 Å². The maximum atomic E-state index is 11.9. The molecule has 4 nitrogen and oxygen atoms in total. The summed E-state index contributed by atoms with van der Waals surface area (Å²) in [6, 6.07) is 0. The van der Waals surface area contributed by atoms with Crippen molar-refractivity contribution in [2.24, 2.45) is 22.7 Å². The third kappa shape index (κ3) is 1.57. The Kier molecular flexibility index (Phi) is 4.08. The molecule has 1 rings (SSSR count). The van der Waals surface area contributed by atoms with Gasteiger partial charge in [-0.05, 0) is 37.5 Å². The first-order chi connectivity index (χ1) is 8.31. The fourth-order valence-electron chi connectivity index (χ4n) is 4.31. The van der Waals surface area contributed by atoms with Gasteiger partial charge in [-0.15, -0.1) is 0 Å². The Hall–Kier alpha value is -1.06. The summed E-state index contributed by atoms with van der Waals surface area (Å²) in [5, 5.41) is 19.5. The molecule has 0 radical (unpaired) electrons. The quantitative estimate of drug-likeness (QED) is 0.810. The molecule has 0 amide bonds. The standard InChI is InChI=1S/C14H24O4/c1-5-13(11(15)16)9(3)7-8-10(4)14(13,6-2)12(17)18/h9-10H,5-8H2,1-4H3,(H,15,16)(H,17,18). The summed E-state index contributed by atoms with van der Waals surface area (Å²) < 4.78 is 0. The maximum absolute atomic E-state index is 11.9. The zero-order chi connectivity index (χ0) is 14.1. The van der Waals surface area contributed by atoms with Crippen molar-refractivity contribution in [3.8, 4) is 0 Å². The molecular weight excluding hydrogens is 232 g/mol. The summed E-state index contributed by atoms with van der Waals surface area (Å²) in [4.78, 5) is 23.8. The molecule has 0 aromatic heterocycles. The predicted molar refractivity (Wildman–Crippen MR) is 68.3 cm³/mol. The van der Waals surface area contributed by atoms with E-state index in [0.29, 0.717) is 12.8 Å². The summed E-state index contributed by atoms with van der Waals surface area (Å²) in [6.07, 6.45) is 2.31.